The summed E-state index contributed by atoms with van der Waals surface area (Å²) in [5.74, 6) is 1.83. The molecule has 1 atom stereocenters. The second-order valence-corrected chi connectivity index (χ2v) is 7.85. The van der Waals surface area contributed by atoms with E-state index < -0.39 is 6.04 Å². The Morgan fingerprint density at radius 3 is 2.52 bits per heavy atom. The van der Waals surface area contributed by atoms with Crippen LogP contribution in [0.15, 0.2) is 24.3 Å². The second-order valence-electron chi connectivity index (χ2n) is 6.62. The first-order valence-electron chi connectivity index (χ1n) is 8.68. The van der Waals surface area contributed by atoms with Gasteiger partial charge in [0.2, 0.25) is 11.8 Å². The summed E-state index contributed by atoms with van der Waals surface area (Å²) in [6, 6.07) is 7.26. The summed E-state index contributed by atoms with van der Waals surface area (Å²) >= 11 is 1.99. The van der Waals surface area contributed by atoms with Crippen LogP contribution in [-0.4, -0.2) is 53.9 Å². The van der Waals surface area contributed by atoms with E-state index in [1.54, 1.807) is 0 Å². The van der Waals surface area contributed by atoms with Gasteiger partial charge in [-0.1, -0.05) is 26.0 Å². The van der Waals surface area contributed by atoms with E-state index in [1.807, 2.05) is 43.8 Å². The van der Waals surface area contributed by atoms with Crippen LogP contribution in [0.3, 0.4) is 0 Å². The summed E-state index contributed by atoms with van der Waals surface area (Å²) in [4.78, 5) is 26.2. The van der Waals surface area contributed by atoms with Crippen LogP contribution >= 0.6 is 36.6 Å². The fraction of sp³-hybridized carbons (Fsp3) is 0.556. The van der Waals surface area contributed by atoms with Crippen molar-refractivity contribution < 1.29 is 9.59 Å². The minimum Gasteiger partial charge on any atom is -0.346 e. The molecule has 1 saturated heterocycles. The smallest absolute Gasteiger partial charge is 0.243 e. The summed E-state index contributed by atoms with van der Waals surface area (Å²) < 4.78 is 0. The van der Waals surface area contributed by atoms with Crippen molar-refractivity contribution in [1.82, 2.24) is 10.2 Å². The largest absolute Gasteiger partial charge is 0.346 e. The van der Waals surface area contributed by atoms with Gasteiger partial charge >= 0.3 is 0 Å². The van der Waals surface area contributed by atoms with Crippen molar-refractivity contribution in [2.24, 2.45) is 11.7 Å². The van der Waals surface area contributed by atoms with Crippen LogP contribution in [0.5, 0.6) is 0 Å². The van der Waals surface area contributed by atoms with Gasteiger partial charge in [-0.15, -0.1) is 24.8 Å². The first-order chi connectivity index (χ1) is 12.0. The van der Waals surface area contributed by atoms with Crippen LogP contribution in [0.4, 0.5) is 5.69 Å². The zero-order valence-electron chi connectivity index (χ0n) is 15.8. The SMILES string of the molecule is CC(C)[C@H](N)C(=O)NCC(=O)Nc1cccc(CN2CCSCC2)c1.Cl.Cl. The first kappa shape index (κ1) is 26.0. The molecule has 0 unspecified atom stereocenters. The van der Waals surface area contributed by atoms with E-state index in [4.69, 9.17) is 5.73 Å². The summed E-state index contributed by atoms with van der Waals surface area (Å²) in [5.41, 5.74) is 7.68. The topological polar surface area (TPSA) is 87.5 Å². The van der Waals surface area contributed by atoms with Gasteiger partial charge in [-0.05, 0) is 23.6 Å². The molecule has 2 rings (SSSR count). The molecule has 1 fully saturated rings. The number of nitrogens with zero attached hydrogens (tertiary/aromatic N) is 1. The Balaban J connectivity index is 0.00000338. The molecule has 1 heterocycles. The molecule has 1 aromatic rings. The Hall–Kier alpha value is -0.990. The fourth-order valence-electron chi connectivity index (χ4n) is 2.56. The average molecular weight is 437 g/mol. The number of carbonyl (C=O) groups excluding carboxylic acids is 2. The minimum atomic E-state index is -0.598. The molecule has 0 aromatic heterocycles. The van der Waals surface area contributed by atoms with Crippen LogP contribution in [0.2, 0.25) is 0 Å². The van der Waals surface area contributed by atoms with E-state index in [2.05, 4.69) is 21.6 Å². The highest BCUT2D eigenvalue weighted by atomic mass is 35.5. The van der Waals surface area contributed by atoms with E-state index in [9.17, 15) is 9.59 Å². The summed E-state index contributed by atoms with van der Waals surface area (Å²) in [6.07, 6.45) is 0. The third kappa shape index (κ3) is 9.17. The van der Waals surface area contributed by atoms with Gasteiger partial charge in [0.05, 0.1) is 12.6 Å². The number of hydrogen-bond acceptors (Lipinski definition) is 5. The van der Waals surface area contributed by atoms with Gasteiger partial charge < -0.3 is 16.4 Å². The molecule has 0 radical (unpaired) electrons. The number of halogens is 2. The van der Waals surface area contributed by atoms with Gasteiger partial charge in [-0.2, -0.15) is 11.8 Å². The molecule has 1 aliphatic heterocycles. The molecule has 0 spiro atoms. The van der Waals surface area contributed by atoms with E-state index in [0.717, 1.165) is 25.3 Å². The van der Waals surface area contributed by atoms with Gasteiger partial charge in [0.25, 0.3) is 0 Å². The second kappa shape index (κ2) is 13.2. The number of benzene rings is 1. The molecule has 0 aliphatic carbocycles. The van der Waals surface area contributed by atoms with Crippen molar-refractivity contribution in [1.29, 1.82) is 0 Å². The number of anilines is 1. The van der Waals surface area contributed by atoms with Gasteiger partial charge in [0.15, 0.2) is 0 Å². The fourth-order valence-corrected chi connectivity index (χ4v) is 3.54. The molecule has 0 bridgehead atoms. The number of rotatable bonds is 7. The van der Waals surface area contributed by atoms with Crippen molar-refractivity contribution in [3.05, 3.63) is 29.8 Å². The minimum absolute atomic E-state index is 0. The van der Waals surface area contributed by atoms with Crippen LogP contribution in [-0.2, 0) is 16.1 Å². The van der Waals surface area contributed by atoms with Crippen LogP contribution < -0.4 is 16.4 Å². The Bertz CT molecular complexity index is 598. The molecule has 4 N–H and O–H groups in total. The third-order valence-electron chi connectivity index (χ3n) is 4.16. The Labute approximate surface area is 178 Å². The zero-order valence-corrected chi connectivity index (χ0v) is 18.2. The highest BCUT2D eigenvalue weighted by molar-refractivity contribution is 7.99. The molecular formula is C18H30Cl2N4O2S. The summed E-state index contributed by atoms with van der Waals surface area (Å²) in [5, 5.41) is 5.40. The maximum absolute atomic E-state index is 12.0. The predicted octanol–water partition coefficient (Wildman–Crippen LogP) is 2.12. The molecule has 9 heteroatoms. The molecule has 1 aromatic carbocycles. The number of carbonyl (C=O) groups is 2. The van der Waals surface area contributed by atoms with E-state index in [-0.39, 0.29) is 49.1 Å². The van der Waals surface area contributed by atoms with Crippen molar-refractivity contribution in [3.8, 4) is 0 Å². The average Bonchev–Trinajstić information content (AvgIpc) is 2.60. The molecule has 27 heavy (non-hydrogen) atoms. The Morgan fingerprint density at radius 2 is 1.89 bits per heavy atom. The number of thioether (sulfide) groups is 1. The lowest BCUT2D eigenvalue weighted by Gasteiger charge is -2.26. The van der Waals surface area contributed by atoms with E-state index in [1.165, 1.54) is 17.1 Å². The maximum Gasteiger partial charge on any atom is 0.243 e. The number of nitrogens with one attached hydrogen (secondary N) is 2. The molecule has 154 valence electrons. The summed E-state index contributed by atoms with van der Waals surface area (Å²) in [7, 11) is 0. The maximum atomic E-state index is 12.0. The van der Waals surface area contributed by atoms with Crippen LogP contribution in [0.1, 0.15) is 19.4 Å². The van der Waals surface area contributed by atoms with Gasteiger partial charge in [0.1, 0.15) is 0 Å². The van der Waals surface area contributed by atoms with Crippen LogP contribution in [0, 0.1) is 5.92 Å². The normalized spacial score (nSPS) is 15.3. The molecule has 0 saturated carbocycles. The van der Waals surface area contributed by atoms with E-state index >= 15 is 0 Å². The van der Waals surface area contributed by atoms with Gasteiger partial charge in [-0.25, -0.2) is 0 Å². The van der Waals surface area contributed by atoms with Crippen molar-refractivity contribution >= 4 is 54.1 Å². The lowest BCUT2D eigenvalue weighted by Crippen LogP contribution is -2.46. The Kier molecular flexibility index (Phi) is 12.7. The quantitative estimate of drug-likeness (QED) is 0.608. The molecule has 1 aliphatic rings. The lowest BCUT2D eigenvalue weighted by molar-refractivity contribution is -0.125. The third-order valence-corrected chi connectivity index (χ3v) is 5.11. The monoisotopic (exact) mass is 436 g/mol. The standard InChI is InChI=1S/C18H28N4O2S.2ClH/c1-13(2)17(19)18(24)20-11-16(23)21-15-5-3-4-14(10-15)12-22-6-8-25-9-7-22;;/h3-5,10,13,17H,6-9,11-12,19H2,1-2H3,(H,20,24)(H,21,23);2*1H/t17-;;/m0../s1. The van der Waals surface area contributed by atoms with Gasteiger partial charge in [0, 0.05) is 36.8 Å². The predicted molar refractivity (Wildman–Crippen MR) is 118 cm³/mol. The van der Waals surface area contributed by atoms with Crippen molar-refractivity contribution in [3.63, 3.8) is 0 Å². The summed E-state index contributed by atoms with van der Waals surface area (Å²) in [6.45, 7) is 6.76. The molecule has 2 amide bonds. The highest BCUT2D eigenvalue weighted by Gasteiger charge is 2.17. The first-order valence-corrected chi connectivity index (χ1v) is 9.83. The van der Waals surface area contributed by atoms with E-state index in [0.29, 0.717) is 0 Å². The number of hydrogen-bond donors (Lipinski definition) is 3. The van der Waals surface area contributed by atoms with Crippen LogP contribution in [0.25, 0.3) is 0 Å². The lowest BCUT2D eigenvalue weighted by atomic mass is 10.1. The van der Waals surface area contributed by atoms with Gasteiger partial charge in [-0.3, -0.25) is 14.5 Å². The Morgan fingerprint density at radius 1 is 1.22 bits per heavy atom. The number of amides is 2. The van der Waals surface area contributed by atoms with Crippen molar-refractivity contribution in [2.45, 2.75) is 26.4 Å². The molecular weight excluding hydrogens is 407 g/mol. The highest BCUT2D eigenvalue weighted by Crippen LogP contribution is 2.16. The van der Waals surface area contributed by atoms with Crippen molar-refractivity contribution in [2.75, 3.05) is 36.5 Å². The zero-order chi connectivity index (χ0) is 18.2. The molecule has 6 nitrogen and oxygen atoms in total. The number of nitrogens with two attached hydrogens (primary N) is 1.